The number of nitrogens with zero attached hydrogens (tertiary/aromatic N) is 3. The van der Waals surface area contributed by atoms with Gasteiger partial charge in [0, 0.05) is 6.04 Å². The van der Waals surface area contributed by atoms with E-state index in [4.69, 9.17) is 4.74 Å². The molecule has 0 saturated carbocycles. The van der Waals surface area contributed by atoms with Crippen molar-refractivity contribution >= 4 is 0 Å². The summed E-state index contributed by atoms with van der Waals surface area (Å²) in [7, 11) is 0. The van der Waals surface area contributed by atoms with Crippen LogP contribution in [-0.2, 0) is 19.6 Å². The van der Waals surface area contributed by atoms with Gasteiger partial charge in [-0.1, -0.05) is 24.3 Å². The molecule has 0 aliphatic rings. The molecule has 0 radical (unpaired) electrons. The summed E-state index contributed by atoms with van der Waals surface area (Å²) in [4.78, 5) is 0. The molecule has 0 bridgehead atoms. The molecule has 1 heterocycles. The minimum atomic E-state index is -0.125. The molecule has 0 aliphatic heterocycles. The third-order valence-electron chi connectivity index (χ3n) is 3.19. The van der Waals surface area contributed by atoms with Crippen LogP contribution < -0.4 is 4.74 Å². The van der Waals surface area contributed by atoms with E-state index in [1.54, 1.807) is 4.68 Å². The van der Waals surface area contributed by atoms with E-state index in [2.05, 4.69) is 23.3 Å². The van der Waals surface area contributed by atoms with E-state index in [0.29, 0.717) is 12.3 Å². The van der Waals surface area contributed by atoms with Gasteiger partial charge in [0.05, 0.1) is 6.61 Å². The summed E-state index contributed by atoms with van der Waals surface area (Å²) in [5, 5.41) is 17.4. The number of aliphatic hydroxyl groups excluding tert-OH is 1. The Bertz CT molecular complexity index is 564. The molecule has 2 rings (SSSR count). The van der Waals surface area contributed by atoms with Gasteiger partial charge in [0.15, 0.2) is 0 Å². The van der Waals surface area contributed by atoms with Gasteiger partial charge >= 0.3 is 0 Å². The Morgan fingerprint density at radius 2 is 2.15 bits per heavy atom. The van der Waals surface area contributed by atoms with Gasteiger partial charge in [-0.2, -0.15) is 0 Å². The van der Waals surface area contributed by atoms with Gasteiger partial charge in [0.25, 0.3) is 0 Å². The lowest BCUT2D eigenvalue weighted by Gasteiger charge is -2.12. The predicted molar refractivity (Wildman–Crippen MR) is 76.5 cm³/mol. The number of benzene rings is 1. The molecule has 5 heteroatoms. The summed E-state index contributed by atoms with van der Waals surface area (Å²) in [6, 6.07) is 8.21. The van der Waals surface area contributed by atoms with Crippen molar-refractivity contribution in [3.8, 4) is 5.75 Å². The number of aromatic nitrogens is 3. The smallest absolute Gasteiger partial charge is 0.132 e. The van der Waals surface area contributed by atoms with Crippen molar-refractivity contribution in [2.75, 3.05) is 0 Å². The fourth-order valence-corrected chi connectivity index (χ4v) is 2.04. The molecule has 1 N–H and O–H groups in total. The minimum Gasteiger partial charge on any atom is -0.487 e. The molecule has 0 spiro atoms. The molecule has 5 nitrogen and oxygen atoms in total. The standard InChI is InChI=1S/C15H21N3O2/c1-4-12-6-5-7-13(8-12)20-10-15-14(9-19)16-17-18(15)11(2)3/h5-8,11,19H,4,9-10H2,1-3H3. The molecule has 20 heavy (non-hydrogen) atoms. The van der Waals surface area contributed by atoms with Gasteiger partial charge in [-0.05, 0) is 38.0 Å². The summed E-state index contributed by atoms with van der Waals surface area (Å²) in [6.07, 6.45) is 0.977. The lowest BCUT2D eigenvalue weighted by atomic mass is 10.2. The minimum absolute atomic E-state index is 0.125. The topological polar surface area (TPSA) is 60.2 Å². The van der Waals surface area contributed by atoms with E-state index in [9.17, 15) is 5.11 Å². The highest BCUT2D eigenvalue weighted by Crippen LogP contribution is 2.18. The number of ether oxygens (including phenoxy) is 1. The van der Waals surface area contributed by atoms with Gasteiger partial charge in [0.2, 0.25) is 0 Å². The maximum atomic E-state index is 9.32. The molecule has 0 unspecified atom stereocenters. The number of hydrogen-bond acceptors (Lipinski definition) is 4. The van der Waals surface area contributed by atoms with Crippen LogP contribution in [0.1, 0.15) is 43.8 Å². The summed E-state index contributed by atoms with van der Waals surface area (Å²) in [6.45, 7) is 6.39. The molecule has 2 aromatic rings. The van der Waals surface area contributed by atoms with Crippen molar-refractivity contribution in [1.29, 1.82) is 0 Å². The lowest BCUT2D eigenvalue weighted by Crippen LogP contribution is -2.11. The first-order valence-corrected chi connectivity index (χ1v) is 6.91. The van der Waals surface area contributed by atoms with E-state index < -0.39 is 0 Å². The predicted octanol–water partition coefficient (Wildman–Crippen LogP) is 2.49. The van der Waals surface area contributed by atoms with Crippen molar-refractivity contribution in [2.45, 2.75) is 46.4 Å². The lowest BCUT2D eigenvalue weighted by molar-refractivity contribution is 0.260. The van der Waals surface area contributed by atoms with Crippen LogP contribution in [0.5, 0.6) is 5.75 Å². The van der Waals surface area contributed by atoms with E-state index in [-0.39, 0.29) is 12.6 Å². The average molecular weight is 275 g/mol. The van der Waals surface area contributed by atoms with E-state index in [0.717, 1.165) is 17.9 Å². The van der Waals surface area contributed by atoms with Crippen LogP contribution >= 0.6 is 0 Å². The van der Waals surface area contributed by atoms with Crippen molar-refractivity contribution in [1.82, 2.24) is 15.0 Å². The van der Waals surface area contributed by atoms with Crippen molar-refractivity contribution in [3.63, 3.8) is 0 Å². The van der Waals surface area contributed by atoms with Crippen LogP contribution in [0.3, 0.4) is 0 Å². The number of hydrogen-bond donors (Lipinski definition) is 1. The highest BCUT2D eigenvalue weighted by molar-refractivity contribution is 5.28. The van der Waals surface area contributed by atoms with Crippen LogP contribution in [0.25, 0.3) is 0 Å². The average Bonchev–Trinajstić information content (AvgIpc) is 2.88. The third-order valence-corrected chi connectivity index (χ3v) is 3.19. The van der Waals surface area contributed by atoms with Crippen molar-refractivity contribution in [2.24, 2.45) is 0 Å². The highest BCUT2D eigenvalue weighted by atomic mass is 16.5. The highest BCUT2D eigenvalue weighted by Gasteiger charge is 2.14. The van der Waals surface area contributed by atoms with Crippen LogP contribution in [0.15, 0.2) is 24.3 Å². The Labute approximate surface area is 119 Å². The van der Waals surface area contributed by atoms with Gasteiger partial charge in [-0.25, -0.2) is 4.68 Å². The van der Waals surface area contributed by atoms with E-state index in [1.807, 2.05) is 32.0 Å². The Morgan fingerprint density at radius 3 is 2.80 bits per heavy atom. The fraction of sp³-hybridized carbons (Fsp3) is 0.467. The second-order valence-corrected chi connectivity index (χ2v) is 4.97. The molecule has 0 fully saturated rings. The van der Waals surface area contributed by atoms with Crippen molar-refractivity contribution < 1.29 is 9.84 Å². The Balaban J connectivity index is 2.15. The van der Waals surface area contributed by atoms with Crippen LogP contribution in [0, 0.1) is 0 Å². The SMILES string of the molecule is CCc1cccc(OCc2c(CO)nnn2C(C)C)c1. The first-order chi connectivity index (χ1) is 9.65. The summed E-state index contributed by atoms with van der Waals surface area (Å²) >= 11 is 0. The molecule has 1 aromatic carbocycles. The second-order valence-electron chi connectivity index (χ2n) is 4.97. The fourth-order valence-electron chi connectivity index (χ4n) is 2.04. The monoisotopic (exact) mass is 275 g/mol. The Hall–Kier alpha value is -1.88. The molecular weight excluding hydrogens is 254 g/mol. The van der Waals surface area contributed by atoms with Gasteiger partial charge in [-0.15, -0.1) is 5.10 Å². The Kier molecular flexibility index (Phi) is 4.74. The summed E-state index contributed by atoms with van der Waals surface area (Å²) < 4.78 is 7.60. The van der Waals surface area contributed by atoms with E-state index in [1.165, 1.54) is 5.56 Å². The van der Waals surface area contributed by atoms with Gasteiger partial charge < -0.3 is 9.84 Å². The number of rotatable bonds is 6. The number of aryl methyl sites for hydroxylation is 1. The first-order valence-electron chi connectivity index (χ1n) is 6.91. The molecule has 0 aliphatic carbocycles. The molecule has 0 saturated heterocycles. The quantitative estimate of drug-likeness (QED) is 0.880. The maximum Gasteiger partial charge on any atom is 0.132 e. The zero-order chi connectivity index (χ0) is 14.5. The normalized spacial score (nSPS) is 11.1. The van der Waals surface area contributed by atoms with E-state index >= 15 is 0 Å². The largest absolute Gasteiger partial charge is 0.487 e. The zero-order valence-corrected chi connectivity index (χ0v) is 12.2. The Morgan fingerprint density at radius 1 is 1.35 bits per heavy atom. The summed E-state index contributed by atoms with van der Waals surface area (Å²) in [5.41, 5.74) is 2.63. The van der Waals surface area contributed by atoms with Gasteiger partial charge in [-0.3, -0.25) is 0 Å². The molecular formula is C15H21N3O2. The molecule has 0 amide bonds. The van der Waals surface area contributed by atoms with Crippen LogP contribution in [-0.4, -0.2) is 20.1 Å². The molecule has 108 valence electrons. The van der Waals surface area contributed by atoms with Crippen molar-refractivity contribution in [3.05, 3.63) is 41.2 Å². The number of aliphatic hydroxyl groups is 1. The van der Waals surface area contributed by atoms with Crippen LogP contribution in [0.4, 0.5) is 0 Å². The summed E-state index contributed by atoms with van der Waals surface area (Å²) in [5.74, 6) is 0.824. The van der Waals surface area contributed by atoms with Gasteiger partial charge in [0.1, 0.15) is 23.7 Å². The second kappa shape index (κ2) is 6.52. The van der Waals surface area contributed by atoms with Crippen LogP contribution in [0.2, 0.25) is 0 Å². The molecule has 0 atom stereocenters. The first kappa shape index (κ1) is 14.5. The third kappa shape index (κ3) is 3.17. The zero-order valence-electron chi connectivity index (χ0n) is 12.2. The molecule has 1 aromatic heterocycles. The maximum absolute atomic E-state index is 9.32.